The zero-order chi connectivity index (χ0) is 14.8. The van der Waals surface area contributed by atoms with Gasteiger partial charge in [-0.3, -0.25) is 0 Å². The molecular formula is C16H16Cl2N2O. The molecule has 0 radical (unpaired) electrons. The monoisotopic (exact) mass is 322 g/mol. The van der Waals surface area contributed by atoms with Crippen molar-refractivity contribution in [1.29, 1.82) is 0 Å². The normalized spacial score (nSPS) is 13.3. The van der Waals surface area contributed by atoms with E-state index < -0.39 is 0 Å². The molecule has 0 spiro atoms. The van der Waals surface area contributed by atoms with E-state index in [2.05, 4.69) is 11.0 Å². The summed E-state index contributed by atoms with van der Waals surface area (Å²) in [6.45, 7) is 2.30. The van der Waals surface area contributed by atoms with Gasteiger partial charge in [0.2, 0.25) is 0 Å². The van der Waals surface area contributed by atoms with Crippen LogP contribution >= 0.6 is 23.2 Å². The molecular weight excluding hydrogens is 307 g/mol. The highest BCUT2D eigenvalue weighted by Gasteiger charge is 2.20. The summed E-state index contributed by atoms with van der Waals surface area (Å²) in [5.41, 5.74) is 9.34. The molecule has 2 aromatic carbocycles. The van der Waals surface area contributed by atoms with Gasteiger partial charge in [0.05, 0.1) is 22.9 Å². The summed E-state index contributed by atoms with van der Waals surface area (Å²) in [4.78, 5) is 2.26. The second-order valence-corrected chi connectivity index (χ2v) is 5.86. The van der Waals surface area contributed by atoms with Gasteiger partial charge in [-0.2, -0.15) is 0 Å². The van der Waals surface area contributed by atoms with E-state index in [4.69, 9.17) is 33.7 Å². The number of fused-ring (bicyclic) bond motifs is 1. The second-order valence-electron chi connectivity index (χ2n) is 5.02. The third-order valence-electron chi connectivity index (χ3n) is 3.63. The van der Waals surface area contributed by atoms with Crippen LogP contribution in [-0.4, -0.2) is 19.7 Å². The lowest BCUT2D eigenvalue weighted by Crippen LogP contribution is -2.26. The SMILES string of the molecule is Nc1cccc2c1N(CCOc1ccc(Cl)cc1Cl)CC2. The number of hydrogen-bond donors (Lipinski definition) is 1. The summed E-state index contributed by atoms with van der Waals surface area (Å²) in [5, 5.41) is 1.14. The molecule has 2 aromatic rings. The van der Waals surface area contributed by atoms with Gasteiger partial charge in [0, 0.05) is 11.6 Å². The number of para-hydroxylation sites is 1. The van der Waals surface area contributed by atoms with Crippen molar-refractivity contribution in [3.8, 4) is 5.75 Å². The standard InChI is InChI=1S/C16H16Cl2N2O/c17-12-4-5-15(13(18)10-12)21-9-8-20-7-6-11-2-1-3-14(19)16(11)20/h1-5,10H,6-9,19H2. The Labute approximate surface area is 134 Å². The first kappa shape index (κ1) is 14.4. The molecule has 0 fully saturated rings. The molecule has 2 N–H and O–H groups in total. The van der Waals surface area contributed by atoms with Gasteiger partial charge in [-0.05, 0) is 36.2 Å². The Balaban J connectivity index is 1.63. The minimum absolute atomic E-state index is 0.531. The highest BCUT2D eigenvalue weighted by atomic mass is 35.5. The van der Waals surface area contributed by atoms with Gasteiger partial charge in [0.1, 0.15) is 12.4 Å². The molecule has 0 aliphatic carbocycles. The first-order valence-electron chi connectivity index (χ1n) is 6.85. The zero-order valence-electron chi connectivity index (χ0n) is 11.5. The van der Waals surface area contributed by atoms with Crippen LogP contribution in [0.2, 0.25) is 10.0 Å². The number of nitrogens with two attached hydrogens (primary N) is 1. The Bertz CT molecular complexity index is 661. The molecule has 110 valence electrons. The number of hydrogen-bond acceptors (Lipinski definition) is 3. The molecule has 3 nitrogen and oxygen atoms in total. The number of ether oxygens (including phenoxy) is 1. The number of rotatable bonds is 4. The van der Waals surface area contributed by atoms with E-state index in [1.54, 1.807) is 18.2 Å². The largest absolute Gasteiger partial charge is 0.490 e. The van der Waals surface area contributed by atoms with Crippen LogP contribution in [0.25, 0.3) is 0 Å². The number of nitrogens with zero attached hydrogens (tertiary/aromatic N) is 1. The first-order valence-corrected chi connectivity index (χ1v) is 7.61. The molecule has 0 atom stereocenters. The topological polar surface area (TPSA) is 38.5 Å². The van der Waals surface area contributed by atoms with Gasteiger partial charge in [-0.25, -0.2) is 0 Å². The highest BCUT2D eigenvalue weighted by molar-refractivity contribution is 6.35. The molecule has 1 aliphatic heterocycles. The van der Waals surface area contributed by atoms with E-state index in [1.165, 1.54) is 5.56 Å². The predicted octanol–water partition coefficient (Wildman–Crippen LogP) is 4.02. The summed E-state index contributed by atoms with van der Waals surface area (Å²) in [6.07, 6.45) is 1.03. The fraction of sp³-hybridized carbons (Fsp3) is 0.250. The Morgan fingerprint density at radius 2 is 2.05 bits per heavy atom. The maximum absolute atomic E-state index is 6.09. The predicted molar refractivity (Wildman–Crippen MR) is 88.7 cm³/mol. The molecule has 0 saturated heterocycles. The van der Waals surface area contributed by atoms with Crippen LogP contribution in [0.3, 0.4) is 0 Å². The number of nitrogen functional groups attached to an aromatic ring is 1. The maximum atomic E-state index is 6.09. The first-order chi connectivity index (χ1) is 10.1. The molecule has 21 heavy (non-hydrogen) atoms. The number of anilines is 2. The highest BCUT2D eigenvalue weighted by Crippen LogP contribution is 2.33. The van der Waals surface area contributed by atoms with Gasteiger partial charge in [0.15, 0.2) is 0 Å². The lowest BCUT2D eigenvalue weighted by Gasteiger charge is -2.21. The lowest BCUT2D eigenvalue weighted by atomic mass is 10.1. The molecule has 0 bridgehead atoms. The van der Waals surface area contributed by atoms with Crippen molar-refractivity contribution in [2.45, 2.75) is 6.42 Å². The van der Waals surface area contributed by atoms with Crippen LogP contribution in [0, 0.1) is 0 Å². The summed E-state index contributed by atoms with van der Waals surface area (Å²) >= 11 is 12.0. The molecule has 3 rings (SSSR count). The zero-order valence-corrected chi connectivity index (χ0v) is 13.0. The van der Waals surface area contributed by atoms with Crippen molar-refractivity contribution in [2.75, 3.05) is 30.3 Å². The van der Waals surface area contributed by atoms with E-state index in [0.717, 1.165) is 30.9 Å². The molecule has 1 aliphatic rings. The second kappa shape index (κ2) is 6.04. The van der Waals surface area contributed by atoms with Gasteiger partial charge in [0.25, 0.3) is 0 Å². The Kier molecular flexibility index (Phi) is 4.13. The average molecular weight is 323 g/mol. The van der Waals surface area contributed by atoms with Crippen molar-refractivity contribution in [3.05, 3.63) is 52.0 Å². The molecule has 0 aromatic heterocycles. The fourth-order valence-electron chi connectivity index (χ4n) is 2.65. The smallest absolute Gasteiger partial charge is 0.138 e. The van der Waals surface area contributed by atoms with Crippen LogP contribution in [0.1, 0.15) is 5.56 Å². The van der Waals surface area contributed by atoms with Crippen molar-refractivity contribution < 1.29 is 4.74 Å². The molecule has 5 heteroatoms. The molecule has 1 heterocycles. The van der Waals surface area contributed by atoms with Crippen molar-refractivity contribution >= 4 is 34.6 Å². The number of halogens is 2. The van der Waals surface area contributed by atoms with Gasteiger partial charge >= 0.3 is 0 Å². The van der Waals surface area contributed by atoms with E-state index in [9.17, 15) is 0 Å². The average Bonchev–Trinajstić information content (AvgIpc) is 2.86. The van der Waals surface area contributed by atoms with Crippen LogP contribution in [0.5, 0.6) is 5.75 Å². The maximum Gasteiger partial charge on any atom is 0.138 e. The van der Waals surface area contributed by atoms with Crippen molar-refractivity contribution in [3.63, 3.8) is 0 Å². The minimum atomic E-state index is 0.531. The quantitative estimate of drug-likeness (QED) is 0.864. The molecule has 0 amide bonds. The fourth-order valence-corrected chi connectivity index (χ4v) is 3.11. The van der Waals surface area contributed by atoms with E-state index in [0.29, 0.717) is 22.4 Å². The summed E-state index contributed by atoms with van der Waals surface area (Å²) in [6, 6.07) is 11.3. The van der Waals surface area contributed by atoms with Gasteiger partial charge in [-0.15, -0.1) is 0 Å². The van der Waals surface area contributed by atoms with Crippen LogP contribution < -0.4 is 15.4 Å². The Hall–Kier alpha value is -1.58. The third-order valence-corrected chi connectivity index (χ3v) is 4.16. The van der Waals surface area contributed by atoms with Crippen LogP contribution in [0.4, 0.5) is 11.4 Å². The Morgan fingerprint density at radius 1 is 1.19 bits per heavy atom. The molecule has 0 unspecified atom stereocenters. The summed E-state index contributed by atoms with van der Waals surface area (Å²) in [5.74, 6) is 0.654. The number of benzene rings is 2. The van der Waals surface area contributed by atoms with Gasteiger partial charge in [-0.1, -0.05) is 35.3 Å². The van der Waals surface area contributed by atoms with Crippen molar-refractivity contribution in [2.24, 2.45) is 0 Å². The van der Waals surface area contributed by atoms with Crippen LogP contribution in [-0.2, 0) is 6.42 Å². The van der Waals surface area contributed by atoms with Crippen LogP contribution in [0.15, 0.2) is 36.4 Å². The molecule has 0 saturated carbocycles. The van der Waals surface area contributed by atoms with Crippen molar-refractivity contribution in [1.82, 2.24) is 0 Å². The Morgan fingerprint density at radius 3 is 2.86 bits per heavy atom. The van der Waals surface area contributed by atoms with Gasteiger partial charge < -0.3 is 15.4 Å². The lowest BCUT2D eigenvalue weighted by molar-refractivity contribution is 0.325. The third kappa shape index (κ3) is 3.04. The van der Waals surface area contributed by atoms with E-state index >= 15 is 0 Å². The minimum Gasteiger partial charge on any atom is -0.490 e. The van der Waals surface area contributed by atoms with E-state index in [1.807, 2.05) is 12.1 Å². The summed E-state index contributed by atoms with van der Waals surface area (Å²) in [7, 11) is 0. The van der Waals surface area contributed by atoms with E-state index in [-0.39, 0.29) is 0 Å². The summed E-state index contributed by atoms with van der Waals surface area (Å²) < 4.78 is 5.74.